The molecule has 1 aliphatic rings. The van der Waals surface area contributed by atoms with Gasteiger partial charge in [-0.3, -0.25) is 0 Å². The Bertz CT molecular complexity index is 558. The van der Waals surface area contributed by atoms with Gasteiger partial charge >= 0.3 is 0 Å². The Morgan fingerprint density at radius 1 is 1.42 bits per heavy atom. The first-order valence-corrected chi connectivity index (χ1v) is 8.14. The molecular weight excluding hydrogens is 375 g/mol. The third kappa shape index (κ3) is 3.43. The highest BCUT2D eigenvalue weighted by atomic mass is 79.9. The zero-order chi connectivity index (χ0) is 13.5. The van der Waals surface area contributed by atoms with Gasteiger partial charge in [0.15, 0.2) is 0 Å². The van der Waals surface area contributed by atoms with Crippen molar-refractivity contribution >= 4 is 50.0 Å². The fourth-order valence-electron chi connectivity index (χ4n) is 1.93. The molecule has 0 spiro atoms. The second kappa shape index (κ2) is 6.28. The number of hydrogen-bond acceptors (Lipinski definition) is 3. The molecule has 1 aromatic rings. The molecule has 0 aromatic heterocycles. The van der Waals surface area contributed by atoms with Crippen LogP contribution in [-0.2, 0) is 10.0 Å². The van der Waals surface area contributed by atoms with Gasteiger partial charge in [0.25, 0.3) is 0 Å². The van der Waals surface area contributed by atoms with Crippen LogP contribution in [0.1, 0.15) is 6.92 Å². The second-order valence-corrected chi connectivity index (χ2v) is 7.74. The van der Waals surface area contributed by atoms with Crippen LogP contribution in [0.15, 0.2) is 27.6 Å². The lowest BCUT2D eigenvalue weighted by Gasteiger charge is -2.16. The van der Waals surface area contributed by atoms with Crippen LogP contribution in [0.5, 0.6) is 0 Å². The molecule has 2 atom stereocenters. The molecule has 1 aliphatic heterocycles. The van der Waals surface area contributed by atoms with Crippen molar-refractivity contribution in [3.05, 3.63) is 27.7 Å². The standard InChI is InChI=1S/C11H14BrClN2O2S.ClH/c1-7-5-15(6-11(7)14)18(16,17)8-2-3-10(13)9(12)4-8;/h2-4,7,11H,5-6,14H2,1H3;1H. The predicted molar refractivity (Wildman–Crippen MR) is 82.3 cm³/mol. The van der Waals surface area contributed by atoms with Crippen molar-refractivity contribution < 1.29 is 8.42 Å². The number of sulfonamides is 1. The van der Waals surface area contributed by atoms with Gasteiger partial charge in [-0.2, -0.15) is 4.31 Å². The van der Waals surface area contributed by atoms with E-state index in [0.717, 1.165) is 0 Å². The van der Waals surface area contributed by atoms with Gasteiger partial charge in [-0.15, -0.1) is 12.4 Å². The summed E-state index contributed by atoms with van der Waals surface area (Å²) in [4.78, 5) is 0.236. The Kier molecular flexibility index (Phi) is 5.69. The zero-order valence-electron chi connectivity index (χ0n) is 10.2. The third-order valence-electron chi connectivity index (χ3n) is 3.17. The van der Waals surface area contributed by atoms with E-state index in [1.165, 1.54) is 16.4 Å². The van der Waals surface area contributed by atoms with Crippen molar-refractivity contribution in [2.45, 2.75) is 17.9 Å². The van der Waals surface area contributed by atoms with Crippen molar-refractivity contribution in [1.82, 2.24) is 4.31 Å². The first-order valence-electron chi connectivity index (χ1n) is 5.53. The summed E-state index contributed by atoms with van der Waals surface area (Å²) in [5, 5.41) is 0.487. The van der Waals surface area contributed by atoms with Gasteiger partial charge in [-0.25, -0.2) is 8.42 Å². The average Bonchev–Trinajstić information content (AvgIpc) is 2.64. The van der Waals surface area contributed by atoms with Crippen LogP contribution in [0, 0.1) is 5.92 Å². The molecular formula is C11H15BrCl2N2O2S. The summed E-state index contributed by atoms with van der Waals surface area (Å²) in [5.41, 5.74) is 5.86. The number of rotatable bonds is 2. The fraction of sp³-hybridized carbons (Fsp3) is 0.455. The summed E-state index contributed by atoms with van der Waals surface area (Å²) < 4.78 is 26.8. The van der Waals surface area contributed by atoms with E-state index >= 15 is 0 Å². The van der Waals surface area contributed by atoms with E-state index in [1.807, 2.05) is 6.92 Å². The predicted octanol–water partition coefficient (Wildman–Crippen LogP) is 2.49. The van der Waals surface area contributed by atoms with E-state index in [-0.39, 0.29) is 29.3 Å². The Balaban J connectivity index is 0.00000180. The van der Waals surface area contributed by atoms with E-state index in [0.29, 0.717) is 22.6 Å². The van der Waals surface area contributed by atoms with E-state index < -0.39 is 10.0 Å². The lowest BCUT2D eigenvalue weighted by atomic mass is 10.1. The molecule has 19 heavy (non-hydrogen) atoms. The molecule has 0 amide bonds. The van der Waals surface area contributed by atoms with Crippen LogP contribution < -0.4 is 5.73 Å². The Hall–Kier alpha value is 0.150. The van der Waals surface area contributed by atoms with Gasteiger partial charge in [0.2, 0.25) is 10.0 Å². The second-order valence-electron chi connectivity index (χ2n) is 4.54. The van der Waals surface area contributed by atoms with Gasteiger partial charge in [-0.1, -0.05) is 18.5 Å². The van der Waals surface area contributed by atoms with Crippen LogP contribution in [-0.4, -0.2) is 31.9 Å². The van der Waals surface area contributed by atoms with Gasteiger partial charge in [0.1, 0.15) is 0 Å². The molecule has 1 aromatic carbocycles. The molecule has 1 heterocycles. The van der Waals surface area contributed by atoms with Crippen LogP contribution in [0.3, 0.4) is 0 Å². The summed E-state index contributed by atoms with van der Waals surface area (Å²) in [5.74, 6) is 0.176. The Labute approximate surface area is 132 Å². The number of halogens is 3. The molecule has 2 N–H and O–H groups in total. The maximum absolute atomic E-state index is 12.4. The van der Waals surface area contributed by atoms with E-state index in [9.17, 15) is 8.42 Å². The number of nitrogens with zero attached hydrogens (tertiary/aromatic N) is 1. The highest BCUT2D eigenvalue weighted by Crippen LogP contribution is 2.29. The number of hydrogen-bond donors (Lipinski definition) is 1. The summed E-state index contributed by atoms with van der Waals surface area (Å²) in [6, 6.07) is 4.50. The number of benzene rings is 1. The lowest BCUT2D eigenvalue weighted by molar-refractivity contribution is 0.464. The molecule has 108 valence electrons. The third-order valence-corrected chi connectivity index (χ3v) is 6.21. The van der Waals surface area contributed by atoms with Gasteiger partial charge in [0, 0.05) is 23.6 Å². The topological polar surface area (TPSA) is 63.4 Å². The van der Waals surface area contributed by atoms with Crippen molar-refractivity contribution in [1.29, 1.82) is 0 Å². The average molecular weight is 390 g/mol. The molecule has 0 saturated carbocycles. The maximum atomic E-state index is 12.4. The van der Waals surface area contributed by atoms with Crippen molar-refractivity contribution in [3.8, 4) is 0 Å². The molecule has 2 unspecified atom stereocenters. The quantitative estimate of drug-likeness (QED) is 0.844. The molecule has 4 nitrogen and oxygen atoms in total. The highest BCUT2D eigenvalue weighted by molar-refractivity contribution is 9.10. The fourth-order valence-corrected chi connectivity index (χ4v) is 4.18. The van der Waals surface area contributed by atoms with Crippen molar-refractivity contribution in [2.75, 3.05) is 13.1 Å². The van der Waals surface area contributed by atoms with Gasteiger partial charge in [-0.05, 0) is 40.0 Å². The minimum atomic E-state index is -3.48. The van der Waals surface area contributed by atoms with Crippen molar-refractivity contribution in [3.63, 3.8) is 0 Å². The first kappa shape index (κ1) is 17.2. The Morgan fingerprint density at radius 2 is 2.05 bits per heavy atom. The Morgan fingerprint density at radius 3 is 2.53 bits per heavy atom. The summed E-state index contributed by atoms with van der Waals surface area (Å²) in [6.45, 7) is 2.78. The van der Waals surface area contributed by atoms with Crippen LogP contribution >= 0.6 is 39.9 Å². The molecule has 0 aliphatic carbocycles. The molecule has 0 radical (unpaired) electrons. The van der Waals surface area contributed by atoms with Crippen LogP contribution in [0.4, 0.5) is 0 Å². The summed E-state index contributed by atoms with van der Waals surface area (Å²) >= 11 is 9.09. The molecule has 2 rings (SSSR count). The number of nitrogens with two attached hydrogens (primary N) is 1. The minimum Gasteiger partial charge on any atom is -0.326 e. The van der Waals surface area contributed by atoms with Gasteiger partial charge in [0.05, 0.1) is 9.92 Å². The van der Waals surface area contributed by atoms with E-state index in [1.54, 1.807) is 6.07 Å². The summed E-state index contributed by atoms with van der Waals surface area (Å²) in [6.07, 6.45) is 0. The monoisotopic (exact) mass is 388 g/mol. The van der Waals surface area contributed by atoms with Gasteiger partial charge < -0.3 is 5.73 Å². The van der Waals surface area contributed by atoms with E-state index in [4.69, 9.17) is 17.3 Å². The molecule has 1 saturated heterocycles. The maximum Gasteiger partial charge on any atom is 0.243 e. The molecule has 0 bridgehead atoms. The van der Waals surface area contributed by atoms with Crippen LogP contribution in [0.2, 0.25) is 5.02 Å². The van der Waals surface area contributed by atoms with Crippen molar-refractivity contribution in [2.24, 2.45) is 11.7 Å². The first-order chi connectivity index (χ1) is 8.32. The van der Waals surface area contributed by atoms with Crippen LogP contribution in [0.25, 0.3) is 0 Å². The molecule has 8 heteroatoms. The normalized spacial score (nSPS) is 24.2. The summed E-state index contributed by atoms with van der Waals surface area (Å²) in [7, 11) is -3.48. The zero-order valence-corrected chi connectivity index (χ0v) is 14.2. The SMILES string of the molecule is CC1CN(S(=O)(=O)c2ccc(Cl)c(Br)c2)CC1N.Cl. The lowest BCUT2D eigenvalue weighted by Crippen LogP contribution is -2.32. The molecule has 1 fully saturated rings. The highest BCUT2D eigenvalue weighted by Gasteiger charge is 2.35. The largest absolute Gasteiger partial charge is 0.326 e. The smallest absolute Gasteiger partial charge is 0.243 e. The minimum absolute atomic E-state index is 0. The van der Waals surface area contributed by atoms with E-state index in [2.05, 4.69) is 15.9 Å².